The van der Waals surface area contributed by atoms with E-state index in [2.05, 4.69) is 25.4 Å². The lowest BCUT2D eigenvalue weighted by Crippen LogP contribution is -2.56. The van der Waals surface area contributed by atoms with Crippen LogP contribution in [0, 0.1) is 0 Å². The number of amides is 1. The summed E-state index contributed by atoms with van der Waals surface area (Å²) in [5.41, 5.74) is 5.55. The van der Waals surface area contributed by atoms with Crippen molar-refractivity contribution >= 4 is 17.7 Å². The standard InChI is InChI=1S/C12H24N2OS/c1-11(2,16-3)9-14-10(15)12(13)7-5-4-6-8-12/h4-9,13H2,1-3H3,(H,14,15). The van der Waals surface area contributed by atoms with Gasteiger partial charge in [-0.2, -0.15) is 11.8 Å². The Morgan fingerprint density at radius 3 is 2.44 bits per heavy atom. The summed E-state index contributed by atoms with van der Waals surface area (Å²) in [4.78, 5) is 12.0. The summed E-state index contributed by atoms with van der Waals surface area (Å²) in [6, 6.07) is 0. The molecule has 0 bridgehead atoms. The molecule has 0 heterocycles. The average molecular weight is 244 g/mol. The molecule has 0 atom stereocenters. The summed E-state index contributed by atoms with van der Waals surface area (Å²) < 4.78 is 0.0840. The summed E-state index contributed by atoms with van der Waals surface area (Å²) >= 11 is 1.76. The number of carbonyl (C=O) groups excluding carboxylic acids is 1. The zero-order valence-electron chi connectivity index (χ0n) is 10.6. The monoisotopic (exact) mass is 244 g/mol. The first-order chi connectivity index (χ1) is 7.40. The summed E-state index contributed by atoms with van der Waals surface area (Å²) in [6.45, 7) is 4.94. The highest BCUT2D eigenvalue weighted by molar-refractivity contribution is 7.99. The summed E-state index contributed by atoms with van der Waals surface area (Å²) in [7, 11) is 0. The van der Waals surface area contributed by atoms with Crippen LogP contribution in [0.4, 0.5) is 0 Å². The van der Waals surface area contributed by atoms with E-state index >= 15 is 0 Å². The first-order valence-corrected chi connectivity index (χ1v) is 7.24. The van der Waals surface area contributed by atoms with Crippen LogP contribution in [0.2, 0.25) is 0 Å². The van der Waals surface area contributed by atoms with Gasteiger partial charge in [0.05, 0.1) is 5.54 Å². The van der Waals surface area contributed by atoms with Crippen LogP contribution in [0.3, 0.4) is 0 Å². The van der Waals surface area contributed by atoms with Crippen LogP contribution in [0.15, 0.2) is 0 Å². The van der Waals surface area contributed by atoms with E-state index in [4.69, 9.17) is 5.73 Å². The van der Waals surface area contributed by atoms with Gasteiger partial charge in [-0.05, 0) is 32.9 Å². The molecular formula is C12H24N2OS. The fraction of sp³-hybridized carbons (Fsp3) is 0.917. The normalized spacial score (nSPS) is 20.5. The quantitative estimate of drug-likeness (QED) is 0.794. The van der Waals surface area contributed by atoms with Gasteiger partial charge in [0.1, 0.15) is 0 Å². The zero-order valence-corrected chi connectivity index (χ0v) is 11.5. The molecule has 1 rings (SSSR count). The van der Waals surface area contributed by atoms with E-state index in [1.54, 1.807) is 11.8 Å². The fourth-order valence-electron chi connectivity index (χ4n) is 1.95. The van der Waals surface area contributed by atoms with E-state index in [9.17, 15) is 4.79 Å². The molecule has 16 heavy (non-hydrogen) atoms. The Morgan fingerprint density at radius 2 is 1.94 bits per heavy atom. The molecule has 1 aliphatic rings. The lowest BCUT2D eigenvalue weighted by Gasteiger charge is -2.33. The molecule has 0 aromatic heterocycles. The molecule has 1 amide bonds. The van der Waals surface area contributed by atoms with Gasteiger partial charge in [-0.15, -0.1) is 0 Å². The van der Waals surface area contributed by atoms with Crippen LogP contribution in [0.25, 0.3) is 0 Å². The molecular weight excluding hydrogens is 220 g/mol. The van der Waals surface area contributed by atoms with Crippen molar-refractivity contribution in [2.75, 3.05) is 12.8 Å². The predicted octanol–water partition coefficient (Wildman–Crippen LogP) is 1.91. The van der Waals surface area contributed by atoms with Crippen LogP contribution in [-0.2, 0) is 4.79 Å². The average Bonchev–Trinajstić information content (AvgIpc) is 2.27. The number of nitrogens with two attached hydrogens (primary N) is 1. The number of carbonyl (C=O) groups is 1. The molecule has 0 saturated heterocycles. The van der Waals surface area contributed by atoms with Crippen LogP contribution < -0.4 is 11.1 Å². The van der Waals surface area contributed by atoms with Gasteiger partial charge in [0.15, 0.2) is 0 Å². The second kappa shape index (κ2) is 5.41. The molecule has 0 aliphatic heterocycles. The minimum atomic E-state index is -0.604. The van der Waals surface area contributed by atoms with Gasteiger partial charge in [0.2, 0.25) is 5.91 Å². The van der Waals surface area contributed by atoms with Crippen molar-refractivity contribution in [2.45, 2.75) is 56.2 Å². The third kappa shape index (κ3) is 3.67. The maximum absolute atomic E-state index is 12.0. The lowest BCUT2D eigenvalue weighted by molar-refractivity contribution is -0.127. The van der Waals surface area contributed by atoms with Crippen molar-refractivity contribution in [2.24, 2.45) is 5.73 Å². The van der Waals surface area contributed by atoms with Gasteiger partial charge >= 0.3 is 0 Å². The third-order valence-electron chi connectivity index (χ3n) is 3.43. The summed E-state index contributed by atoms with van der Waals surface area (Å²) in [6.07, 6.45) is 7.09. The number of rotatable bonds is 4. The third-order valence-corrected chi connectivity index (χ3v) is 4.67. The van der Waals surface area contributed by atoms with Crippen molar-refractivity contribution in [3.8, 4) is 0 Å². The maximum Gasteiger partial charge on any atom is 0.240 e. The number of hydrogen-bond donors (Lipinski definition) is 2. The molecule has 0 aromatic carbocycles. The van der Waals surface area contributed by atoms with Gasteiger partial charge in [0.25, 0.3) is 0 Å². The highest BCUT2D eigenvalue weighted by Crippen LogP contribution is 2.26. The van der Waals surface area contributed by atoms with E-state index in [0.29, 0.717) is 6.54 Å². The van der Waals surface area contributed by atoms with Crippen LogP contribution in [-0.4, -0.2) is 29.0 Å². The number of nitrogens with one attached hydrogen (secondary N) is 1. The predicted molar refractivity (Wildman–Crippen MR) is 70.6 cm³/mol. The van der Waals surface area contributed by atoms with Gasteiger partial charge < -0.3 is 11.1 Å². The summed E-state index contributed by atoms with van der Waals surface area (Å²) in [5, 5.41) is 3.00. The highest BCUT2D eigenvalue weighted by Gasteiger charge is 2.35. The second-order valence-corrected chi connectivity index (χ2v) is 6.88. The Hall–Kier alpha value is -0.220. The molecule has 94 valence electrons. The molecule has 0 radical (unpaired) electrons. The second-order valence-electron chi connectivity index (χ2n) is 5.36. The zero-order chi connectivity index (χ0) is 12.2. The Labute approximate surface area is 103 Å². The van der Waals surface area contributed by atoms with Gasteiger partial charge in [-0.3, -0.25) is 4.79 Å². The molecule has 1 aliphatic carbocycles. The first-order valence-electron chi connectivity index (χ1n) is 6.02. The van der Waals surface area contributed by atoms with E-state index in [1.807, 2.05) is 0 Å². The molecule has 1 saturated carbocycles. The van der Waals surface area contributed by atoms with Gasteiger partial charge in [-0.25, -0.2) is 0 Å². The van der Waals surface area contributed by atoms with Crippen LogP contribution >= 0.6 is 11.8 Å². The highest BCUT2D eigenvalue weighted by atomic mass is 32.2. The molecule has 0 unspecified atom stereocenters. The minimum absolute atomic E-state index is 0.0364. The topological polar surface area (TPSA) is 55.1 Å². The lowest BCUT2D eigenvalue weighted by atomic mass is 9.82. The maximum atomic E-state index is 12.0. The largest absolute Gasteiger partial charge is 0.353 e. The van der Waals surface area contributed by atoms with Gasteiger partial charge in [0, 0.05) is 11.3 Å². The Morgan fingerprint density at radius 1 is 1.38 bits per heavy atom. The van der Waals surface area contributed by atoms with E-state index in [1.165, 1.54) is 6.42 Å². The number of hydrogen-bond acceptors (Lipinski definition) is 3. The van der Waals surface area contributed by atoms with Crippen LogP contribution in [0.1, 0.15) is 46.0 Å². The Balaban J connectivity index is 2.45. The van der Waals surface area contributed by atoms with Crippen molar-refractivity contribution in [1.29, 1.82) is 0 Å². The fourth-order valence-corrected chi connectivity index (χ4v) is 2.17. The summed E-state index contributed by atoms with van der Waals surface area (Å²) in [5.74, 6) is 0.0364. The SMILES string of the molecule is CSC(C)(C)CNC(=O)C1(N)CCCCC1. The van der Waals surface area contributed by atoms with E-state index in [0.717, 1.165) is 25.7 Å². The first kappa shape index (κ1) is 13.8. The van der Waals surface area contributed by atoms with E-state index in [-0.39, 0.29) is 10.7 Å². The Kier molecular flexibility index (Phi) is 4.68. The molecule has 0 aromatic rings. The Bertz CT molecular complexity index is 247. The molecule has 3 N–H and O–H groups in total. The van der Waals surface area contributed by atoms with Crippen molar-refractivity contribution in [3.05, 3.63) is 0 Å². The molecule has 4 heteroatoms. The van der Waals surface area contributed by atoms with Crippen molar-refractivity contribution < 1.29 is 4.79 Å². The van der Waals surface area contributed by atoms with E-state index < -0.39 is 5.54 Å². The molecule has 3 nitrogen and oxygen atoms in total. The molecule has 1 fully saturated rings. The minimum Gasteiger partial charge on any atom is -0.353 e. The van der Waals surface area contributed by atoms with Crippen molar-refractivity contribution in [1.82, 2.24) is 5.32 Å². The number of thioether (sulfide) groups is 1. The molecule has 0 spiro atoms. The van der Waals surface area contributed by atoms with Gasteiger partial charge in [-0.1, -0.05) is 19.3 Å². The van der Waals surface area contributed by atoms with Crippen LogP contribution in [0.5, 0.6) is 0 Å². The smallest absolute Gasteiger partial charge is 0.240 e. The van der Waals surface area contributed by atoms with Crippen molar-refractivity contribution in [3.63, 3.8) is 0 Å².